The molecule has 1 aliphatic carbocycles. The fourth-order valence-corrected chi connectivity index (χ4v) is 5.37. The summed E-state index contributed by atoms with van der Waals surface area (Å²) in [5.74, 6) is 0.561. The van der Waals surface area contributed by atoms with E-state index in [1.165, 1.54) is 5.56 Å². The number of carbonyl (C=O) groups excluding carboxylic acids is 1. The van der Waals surface area contributed by atoms with Crippen molar-refractivity contribution in [3.8, 4) is 0 Å². The maximum Gasteiger partial charge on any atom is 0.410 e. The largest absolute Gasteiger partial charge is 0.444 e. The molecule has 1 saturated carbocycles. The van der Waals surface area contributed by atoms with Crippen LogP contribution in [-0.2, 0) is 19.5 Å². The number of hydrogen-bond donors (Lipinski definition) is 1. The maximum atomic E-state index is 12.7. The van der Waals surface area contributed by atoms with Gasteiger partial charge >= 0.3 is 6.09 Å². The molecule has 1 aromatic rings. The van der Waals surface area contributed by atoms with Crippen molar-refractivity contribution in [1.29, 1.82) is 0 Å². The number of rotatable bonds is 6. The standard InChI is InChI=1S/C23H36N2O5S/c1-23(2,3)30-22(26)25-15-14-20(24-31(4,27)28)21(25)16-29-19-12-10-18(11-13-19)17-8-6-5-7-9-17/h5-9,18-21,24H,10-16H2,1-4H3/t18?,19?,20-,21-/m1/s1. The van der Waals surface area contributed by atoms with Crippen LogP contribution in [-0.4, -0.2) is 62.6 Å². The third-order valence-electron chi connectivity index (χ3n) is 5.99. The van der Waals surface area contributed by atoms with Gasteiger partial charge in [-0.2, -0.15) is 0 Å². The van der Waals surface area contributed by atoms with Gasteiger partial charge in [0, 0.05) is 12.6 Å². The quantitative estimate of drug-likeness (QED) is 0.712. The predicted octanol–water partition coefficient (Wildman–Crippen LogP) is 3.66. The van der Waals surface area contributed by atoms with Gasteiger partial charge in [-0.1, -0.05) is 30.3 Å². The Kier molecular flexibility index (Phi) is 7.65. The molecule has 0 unspecified atom stereocenters. The van der Waals surface area contributed by atoms with Crippen LogP contribution >= 0.6 is 0 Å². The van der Waals surface area contributed by atoms with Crippen LogP contribution in [0.3, 0.4) is 0 Å². The lowest BCUT2D eigenvalue weighted by Crippen LogP contribution is -2.50. The van der Waals surface area contributed by atoms with Crippen molar-refractivity contribution >= 4 is 16.1 Å². The molecule has 3 rings (SSSR count). The highest BCUT2D eigenvalue weighted by atomic mass is 32.2. The Morgan fingerprint density at radius 3 is 2.32 bits per heavy atom. The lowest BCUT2D eigenvalue weighted by Gasteiger charge is -2.33. The van der Waals surface area contributed by atoms with Crippen molar-refractivity contribution in [2.75, 3.05) is 19.4 Å². The normalized spacial score (nSPS) is 27.3. The van der Waals surface area contributed by atoms with E-state index in [9.17, 15) is 13.2 Å². The predicted molar refractivity (Wildman–Crippen MR) is 121 cm³/mol. The second-order valence-electron chi connectivity index (χ2n) is 9.74. The zero-order valence-electron chi connectivity index (χ0n) is 19.0. The van der Waals surface area contributed by atoms with Crippen LogP contribution in [0.15, 0.2) is 30.3 Å². The smallest absolute Gasteiger partial charge is 0.410 e. The highest BCUT2D eigenvalue weighted by Crippen LogP contribution is 2.34. The summed E-state index contributed by atoms with van der Waals surface area (Å²) in [4.78, 5) is 14.3. The molecule has 0 bridgehead atoms. The van der Waals surface area contributed by atoms with Gasteiger partial charge in [-0.3, -0.25) is 0 Å². The zero-order valence-corrected chi connectivity index (χ0v) is 19.9. The van der Waals surface area contributed by atoms with Crippen molar-refractivity contribution in [3.05, 3.63) is 35.9 Å². The van der Waals surface area contributed by atoms with Crippen LogP contribution < -0.4 is 4.72 Å². The summed E-state index contributed by atoms with van der Waals surface area (Å²) in [6, 6.07) is 9.82. The van der Waals surface area contributed by atoms with Crippen LogP contribution in [0.2, 0.25) is 0 Å². The van der Waals surface area contributed by atoms with Crippen molar-refractivity contribution in [1.82, 2.24) is 9.62 Å². The molecule has 1 aromatic carbocycles. The highest BCUT2D eigenvalue weighted by Gasteiger charge is 2.41. The molecule has 0 radical (unpaired) electrons. The van der Waals surface area contributed by atoms with Gasteiger partial charge in [0.1, 0.15) is 5.60 Å². The van der Waals surface area contributed by atoms with Gasteiger partial charge in [0.05, 0.1) is 25.0 Å². The molecule has 7 nitrogen and oxygen atoms in total. The van der Waals surface area contributed by atoms with Gasteiger partial charge in [0.15, 0.2) is 0 Å². The molecule has 1 heterocycles. The lowest BCUT2D eigenvalue weighted by molar-refractivity contribution is -0.0186. The lowest BCUT2D eigenvalue weighted by atomic mass is 9.83. The molecule has 2 fully saturated rings. The van der Waals surface area contributed by atoms with E-state index in [1.54, 1.807) is 4.90 Å². The Hall–Kier alpha value is -1.64. The van der Waals surface area contributed by atoms with Crippen LogP contribution in [0.1, 0.15) is 64.4 Å². The molecular weight excluding hydrogens is 416 g/mol. The fraction of sp³-hybridized carbons (Fsp3) is 0.696. The van der Waals surface area contributed by atoms with E-state index in [4.69, 9.17) is 9.47 Å². The monoisotopic (exact) mass is 452 g/mol. The molecule has 2 aliphatic rings. The minimum atomic E-state index is -3.39. The number of benzene rings is 1. The Balaban J connectivity index is 1.59. The minimum Gasteiger partial charge on any atom is -0.444 e. The fourth-order valence-electron chi connectivity index (χ4n) is 4.54. The summed E-state index contributed by atoms with van der Waals surface area (Å²) in [6.45, 7) is 6.21. The Morgan fingerprint density at radius 1 is 1.10 bits per heavy atom. The topological polar surface area (TPSA) is 84.9 Å². The van der Waals surface area contributed by atoms with E-state index in [0.29, 0.717) is 25.5 Å². The SMILES string of the molecule is CC(C)(C)OC(=O)N1CC[C@@H](NS(C)(=O)=O)[C@H]1COC1CCC(c2ccccc2)CC1. The Morgan fingerprint density at radius 2 is 1.74 bits per heavy atom. The van der Waals surface area contributed by atoms with E-state index in [2.05, 4.69) is 29.0 Å². The number of sulfonamides is 1. The molecule has 2 atom stereocenters. The summed E-state index contributed by atoms with van der Waals surface area (Å²) < 4.78 is 38.1. The van der Waals surface area contributed by atoms with Gasteiger partial charge in [-0.25, -0.2) is 17.9 Å². The molecule has 1 saturated heterocycles. The van der Waals surface area contributed by atoms with E-state index >= 15 is 0 Å². The molecule has 174 valence electrons. The van der Waals surface area contributed by atoms with Crippen LogP contribution in [0, 0.1) is 0 Å². The summed E-state index contributed by atoms with van der Waals surface area (Å²) in [5, 5.41) is 0. The summed E-state index contributed by atoms with van der Waals surface area (Å²) in [5.41, 5.74) is 0.769. The number of carbonyl (C=O) groups is 1. The Bertz CT molecular complexity index is 829. The molecule has 31 heavy (non-hydrogen) atoms. The number of nitrogens with zero attached hydrogens (tertiary/aromatic N) is 1. The van der Waals surface area contributed by atoms with Crippen molar-refractivity contribution in [2.24, 2.45) is 0 Å². The first kappa shape index (κ1) is 24.0. The maximum absolute atomic E-state index is 12.7. The second-order valence-corrected chi connectivity index (χ2v) is 11.5. The van der Waals surface area contributed by atoms with Crippen LogP contribution in [0.5, 0.6) is 0 Å². The minimum absolute atomic E-state index is 0.125. The number of nitrogens with one attached hydrogen (secondary N) is 1. The van der Waals surface area contributed by atoms with E-state index in [0.717, 1.165) is 31.9 Å². The van der Waals surface area contributed by atoms with Crippen molar-refractivity contribution in [2.45, 2.75) is 82.6 Å². The van der Waals surface area contributed by atoms with Crippen LogP contribution in [0.25, 0.3) is 0 Å². The molecule has 0 aromatic heterocycles. The molecule has 0 spiro atoms. The average molecular weight is 453 g/mol. The third kappa shape index (κ3) is 7.19. The first-order chi connectivity index (χ1) is 14.5. The molecule has 1 N–H and O–H groups in total. The van der Waals surface area contributed by atoms with E-state index in [-0.39, 0.29) is 18.2 Å². The van der Waals surface area contributed by atoms with Crippen molar-refractivity contribution < 1.29 is 22.7 Å². The van der Waals surface area contributed by atoms with Gasteiger partial charge in [-0.05, 0) is 64.4 Å². The zero-order chi connectivity index (χ0) is 22.6. The number of hydrogen-bond acceptors (Lipinski definition) is 5. The number of ether oxygens (including phenoxy) is 2. The van der Waals surface area contributed by atoms with Crippen LogP contribution in [0.4, 0.5) is 4.79 Å². The Labute approximate surface area is 186 Å². The number of amides is 1. The van der Waals surface area contributed by atoms with Gasteiger partial charge in [0.25, 0.3) is 0 Å². The first-order valence-electron chi connectivity index (χ1n) is 11.2. The average Bonchev–Trinajstić information content (AvgIpc) is 3.07. The third-order valence-corrected chi connectivity index (χ3v) is 6.72. The van der Waals surface area contributed by atoms with Gasteiger partial charge in [-0.15, -0.1) is 0 Å². The summed E-state index contributed by atoms with van der Waals surface area (Å²) in [6.07, 6.45) is 5.45. The first-order valence-corrected chi connectivity index (χ1v) is 13.0. The molecule has 1 amide bonds. The molecular formula is C23H36N2O5S. The van der Waals surface area contributed by atoms with Gasteiger partial charge in [0.2, 0.25) is 10.0 Å². The second kappa shape index (κ2) is 9.88. The summed E-state index contributed by atoms with van der Waals surface area (Å²) >= 11 is 0. The highest BCUT2D eigenvalue weighted by molar-refractivity contribution is 7.88. The number of likely N-dealkylation sites (tertiary alicyclic amines) is 1. The van der Waals surface area contributed by atoms with Crippen molar-refractivity contribution in [3.63, 3.8) is 0 Å². The van der Waals surface area contributed by atoms with E-state index in [1.807, 2.05) is 26.8 Å². The molecule has 8 heteroatoms. The van der Waals surface area contributed by atoms with E-state index < -0.39 is 21.7 Å². The van der Waals surface area contributed by atoms with Gasteiger partial charge < -0.3 is 14.4 Å². The summed E-state index contributed by atoms with van der Waals surface area (Å²) in [7, 11) is -3.39. The molecule has 1 aliphatic heterocycles.